The molecule has 0 aromatic rings. The maximum Gasteiger partial charge on any atom is 0.226 e. The summed E-state index contributed by atoms with van der Waals surface area (Å²) in [5.41, 5.74) is -0.545. The molecule has 6 aliphatic rings. The van der Waals surface area contributed by atoms with Crippen molar-refractivity contribution in [2.45, 2.75) is 116 Å². The molecule has 4 heteroatoms. The first-order valence-electron chi connectivity index (χ1n) is 13.0. The Morgan fingerprint density at radius 3 is 1.37 bits per heavy atom. The molecule has 6 fully saturated rings. The fraction of sp³-hybridized carbons (Fsp3) is 0.923. The lowest BCUT2D eigenvalue weighted by Crippen LogP contribution is -2.62. The van der Waals surface area contributed by atoms with E-state index in [1.54, 1.807) is 0 Å². The molecule has 0 aromatic heterocycles. The first-order chi connectivity index (χ1) is 14.4. The van der Waals surface area contributed by atoms with Crippen LogP contribution in [0.2, 0.25) is 0 Å². The van der Waals surface area contributed by atoms with E-state index in [0.29, 0.717) is 35.7 Å². The smallest absolute Gasteiger partial charge is 0.226 e. The van der Waals surface area contributed by atoms with Crippen molar-refractivity contribution >= 4 is 11.8 Å². The van der Waals surface area contributed by atoms with E-state index >= 15 is 0 Å². The van der Waals surface area contributed by atoms with Gasteiger partial charge in [0.2, 0.25) is 11.8 Å². The number of hydrogen-bond donors (Lipinski definition) is 2. The SMILES string of the molecule is CC1CCC(NC(=O)C23CC4CC(C2)CC(C(=O)NC2CCC(C)CC2)(C4)C3)CC1. The molecule has 30 heavy (non-hydrogen) atoms. The summed E-state index contributed by atoms with van der Waals surface area (Å²) < 4.78 is 0. The van der Waals surface area contributed by atoms with Crippen LogP contribution in [0, 0.1) is 34.5 Å². The van der Waals surface area contributed by atoms with Gasteiger partial charge in [-0.2, -0.15) is 0 Å². The van der Waals surface area contributed by atoms with Gasteiger partial charge in [0.25, 0.3) is 0 Å². The van der Waals surface area contributed by atoms with Crippen LogP contribution in [0.3, 0.4) is 0 Å². The van der Waals surface area contributed by atoms with Gasteiger partial charge in [-0.3, -0.25) is 9.59 Å². The number of nitrogens with one attached hydrogen (secondary N) is 2. The quantitative estimate of drug-likeness (QED) is 0.683. The van der Waals surface area contributed by atoms with Crippen LogP contribution in [-0.2, 0) is 9.59 Å². The van der Waals surface area contributed by atoms with Crippen molar-refractivity contribution in [3.63, 3.8) is 0 Å². The number of carbonyl (C=O) groups is 2. The Morgan fingerprint density at radius 1 is 0.633 bits per heavy atom. The highest BCUT2D eigenvalue weighted by molar-refractivity contribution is 5.88. The molecular formula is C26H42N2O2. The van der Waals surface area contributed by atoms with Gasteiger partial charge in [0.15, 0.2) is 0 Å². The van der Waals surface area contributed by atoms with Gasteiger partial charge in [-0.05, 0) is 114 Å². The number of hydrogen-bond acceptors (Lipinski definition) is 2. The van der Waals surface area contributed by atoms with Crippen LogP contribution in [0.25, 0.3) is 0 Å². The second kappa shape index (κ2) is 7.81. The summed E-state index contributed by atoms with van der Waals surface area (Å²) in [4.78, 5) is 27.2. The molecule has 0 aliphatic heterocycles. The number of carbonyl (C=O) groups excluding carboxylic acids is 2. The Morgan fingerprint density at radius 2 is 1.00 bits per heavy atom. The van der Waals surface area contributed by atoms with Gasteiger partial charge >= 0.3 is 0 Å². The molecule has 168 valence electrons. The van der Waals surface area contributed by atoms with E-state index in [1.807, 2.05) is 0 Å². The third kappa shape index (κ3) is 3.81. The number of rotatable bonds is 4. The molecule has 6 rings (SSSR count). The van der Waals surface area contributed by atoms with E-state index in [1.165, 1.54) is 32.1 Å². The highest BCUT2D eigenvalue weighted by Crippen LogP contribution is 2.65. The zero-order valence-electron chi connectivity index (χ0n) is 19.2. The molecule has 0 aromatic carbocycles. The summed E-state index contributed by atoms with van der Waals surface area (Å²) in [5.74, 6) is 3.32. The van der Waals surface area contributed by atoms with E-state index in [2.05, 4.69) is 24.5 Å². The molecule has 0 spiro atoms. The lowest BCUT2D eigenvalue weighted by Gasteiger charge is -2.60. The van der Waals surface area contributed by atoms with Gasteiger partial charge in [-0.25, -0.2) is 0 Å². The van der Waals surface area contributed by atoms with Crippen LogP contribution in [0.1, 0.15) is 104 Å². The maximum absolute atomic E-state index is 13.6. The van der Waals surface area contributed by atoms with E-state index < -0.39 is 0 Å². The molecule has 4 bridgehead atoms. The zero-order valence-corrected chi connectivity index (χ0v) is 19.2. The van der Waals surface area contributed by atoms with Crippen LogP contribution >= 0.6 is 0 Å². The Kier molecular flexibility index (Phi) is 5.42. The first kappa shape index (κ1) is 20.8. The second-order valence-corrected chi connectivity index (χ2v) is 12.4. The minimum atomic E-state index is -0.272. The van der Waals surface area contributed by atoms with Gasteiger partial charge in [-0.15, -0.1) is 0 Å². The van der Waals surface area contributed by atoms with Crippen molar-refractivity contribution in [3.05, 3.63) is 0 Å². The highest BCUT2D eigenvalue weighted by atomic mass is 16.2. The first-order valence-corrected chi connectivity index (χ1v) is 13.0. The van der Waals surface area contributed by atoms with Crippen molar-refractivity contribution in [1.82, 2.24) is 10.6 Å². The monoisotopic (exact) mass is 414 g/mol. The van der Waals surface area contributed by atoms with Crippen molar-refractivity contribution in [2.75, 3.05) is 0 Å². The Labute approximate surface area is 182 Å². The van der Waals surface area contributed by atoms with Gasteiger partial charge in [0.05, 0.1) is 10.8 Å². The predicted octanol–water partition coefficient (Wildman–Crippen LogP) is 4.96. The van der Waals surface area contributed by atoms with Crippen molar-refractivity contribution in [1.29, 1.82) is 0 Å². The molecule has 0 radical (unpaired) electrons. The molecule has 0 saturated heterocycles. The standard InChI is InChI=1S/C26H42N2O2/c1-17-3-7-21(8-4-17)27-23(29)25-12-19-11-20(13-25)15-26(14-19,16-25)24(30)28-22-9-5-18(2)6-10-22/h17-22H,3-16H2,1-2H3,(H,27,29)(H,28,30). The molecule has 2 amide bonds. The minimum absolute atomic E-state index is 0.272. The van der Waals surface area contributed by atoms with E-state index in [-0.39, 0.29) is 10.8 Å². The summed E-state index contributed by atoms with van der Waals surface area (Å²) in [6.07, 6.45) is 15.6. The van der Waals surface area contributed by atoms with E-state index in [4.69, 9.17) is 0 Å². The third-order valence-electron chi connectivity index (χ3n) is 9.73. The van der Waals surface area contributed by atoms with Gasteiger partial charge < -0.3 is 10.6 Å². The van der Waals surface area contributed by atoms with Crippen molar-refractivity contribution in [2.24, 2.45) is 34.5 Å². The van der Waals surface area contributed by atoms with E-state index in [0.717, 1.165) is 69.6 Å². The molecule has 6 aliphatic carbocycles. The van der Waals surface area contributed by atoms with Gasteiger partial charge in [-0.1, -0.05) is 13.8 Å². The van der Waals surface area contributed by atoms with Crippen molar-refractivity contribution < 1.29 is 9.59 Å². The second-order valence-electron chi connectivity index (χ2n) is 12.4. The van der Waals surface area contributed by atoms with Gasteiger partial charge in [0, 0.05) is 12.1 Å². The van der Waals surface area contributed by atoms with Crippen LogP contribution in [-0.4, -0.2) is 23.9 Å². The largest absolute Gasteiger partial charge is 0.353 e. The summed E-state index contributed by atoms with van der Waals surface area (Å²) in [7, 11) is 0. The van der Waals surface area contributed by atoms with Crippen LogP contribution in [0.4, 0.5) is 0 Å². The Balaban J connectivity index is 1.28. The molecule has 6 saturated carbocycles. The normalized spacial score (nSPS) is 47.7. The van der Waals surface area contributed by atoms with Gasteiger partial charge in [0.1, 0.15) is 0 Å². The lowest BCUT2D eigenvalue weighted by atomic mass is 9.43. The summed E-state index contributed by atoms with van der Waals surface area (Å²) in [6.45, 7) is 4.65. The average Bonchev–Trinajstić information content (AvgIpc) is 2.70. The molecule has 0 unspecified atom stereocenters. The molecular weight excluding hydrogens is 372 g/mol. The molecule has 4 nitrogen and oxygen atoms in total. The molecule has 2 N–H and O–H groups in total. The topological polar surface area (TPSA) is 58.2 Å². The van der Waals surface area contributed by atoms with Crippen LogP contribution in [0.15, 0.2) is 0 Å². The van der Waals surface area contributed by atoms with Crippen molar-refractivity contribution in [3.8, 4) is 0 Å². The number of amides is 2. The summed E-state index contributed by atoms with van der Waals surface area (Å²) in [5, 5.41) is 6.94. The Bertz CT molecular complexity index is 605. The average molecular weight is 415 g/mol. The zero-order chi connectivity index (χ0) is 20.9. The maximum atomic E-state index is 13.6. The van der Waals surface area contributed by atoms with Crippen LogP contribution < -0.4 is 10.6 Å². The lowest BCUT2D eigenvalue weighted by molar-refractivity contribution is -0.168. The van der Waals surface area contributed by atoms with Crippen LogP contribution in [0.5, 0.6) is 0 Å². The Hall–Kier alpha value is -1.06. The fourth-order valence-electron chi connectivity index (χ4n) is 8.28. The molecule has 0 atom stereocenters. The predicted molar refractivity (Wildman–Crippen MR) is 119 cm³/mol. The minimum Gasteiger partial charge on any atom is -0.353 e. The third-order valence-corrected chi connectivity index (χ3v) is 9.73. The fourth-order valence-corrected chi connectivity index (χ4v) is 8.28. The summed E-state index contributed by atoms with van der Waals surface area (Å²) >= 11 is 0. The molecule has 0 heterocycles. The summed E-state index contributed by atoms with van der Waals surface area (Å²) in [6, 6.07) is 0.714. The van der Waals surface area contributed by atoms with E-state index in [9.17, 15) is 9.59 Å². The highest BCUT2D eigenvalue weighted by Gasteiger charge is 2.63.